The lowest BCUT2D eigenvalue weighted by Gasteiger charge is -2.27. The van der Waals surface area contributed by atoms with Crippen LogP contribution in [0.15, 0.2) is 11.4 Å². The Morgan fingerprint density at radius 3 is 1.88 bits per heavy atom. The first kappa shape index (κ1) is 14.3. The van der Waals surface area contributed by atoms with Crippen molar-refractivity contribution < 1.29 is 26.3 Å². The van der Waals surface area contributed by atoms with Crippen LogP contribution in [0.5, 0.6) is 0 Å². The quantitative estimate of drug-likeness (QED) is 0.818. The lowest BCUT2D eigenvalue weighted by Crippen LogP contribution is -2.43. The molecule has 1 atom stereocenters. The third kappa shape index (κ3) is 3.35. The second-order valence-corrected chi connectivity index (χ2v) is 4.69. The molecule has 1 rings (SSSR count). The molecule has 1 nitrogen and oxygen atoms in total. The Labute approximate surface area is 97.2 Å². The Morgan fingerprint density at radius 1 is 1.12 bits per heavy atom. The Morgan fingerprint density at radius 2 is 1.59 bits per heavy atom. The van der Waals surface area contributed by atoms with Crippen molar-refractivity contribution in [2.75, 3.05) is 0 Å². The summed E-state index contributed by atoms with van der Waals surface area (Å²) in [7, 11) is 0. The van der Waals surface area contributed by atoms with Gasteiger partial charge in [0.25, 0.3) is 0 Å². The largest absolute Gasteiger partial charge is 0.402 e. The van der Waals surface area contributed by atoms with Crippen LogP contribution in [0, 0.1) is 12.8 Å². The summed E-state index contributed by atoms with van der Waals surface area (Å²) in [4.78, 5) is 0.610. The molecule has 0 saturated carbocycles. The Hall–Kier alpha value is -0.760. The van der Waals surface area contributed by atoms with Gasteiger partial charge in [-0.2, -0.15) is 26.3 Å². The van der Waals surface area contributed by atoms with Gasteiger partial charge in [0.1, 0.15) is 0 Å². The summed E-state index contributed by atoms with van der Waals surface area (Å²) in [6, 6.07) is -0.889. The van der Waals surface area contributed by atoms with Crippen molar-refractivity contribution in [1.82, 2.24) is 0 Å². The van der Waals surface area contributed by atoms with Gasteiger partial charge < -0.3 is 5.73 Å². The van der Waals surface area contributed by atoms with E-state index in [2.05, 4.69) is 0 Å². The minimum atomic E-state index is -5.41. The van der Waals surface area contributed by atoms with E-state index < -0.39 is 24.3 Å². The van der Waals surface area contributed by atoms with Crippen LogP contribution in [-0.2, 0) is 0 Å². The van der Waals surface area contributed by atoms with Gasteiger partial charge in [0.15, 0.2) is 5.92 Å². The van der Waals surface area contributed by atoms with Crippen molar-refractivity contribution in [3.05, 3.63) is 21.9 Å². The molecule has 1 unspecified atom stereocenters. The molecule has 0 amide bonds. The molecule has 0 saturated heterocycles. The fourth-order valence-corrected chi connectivity index (χ4v) is 2.18. The summed E-state index contributed by atoms with van der Waals surface area (Å²) in [5.41, 5.74) is 4.95. The van der Waals surface area contributed by atoms with Crippen molar-refractivity contribution >= 4 is 11.3 Å². The highest BCUT2D eigenvalue weighted by molar-refractivity contribution is 7.10. The molecular weight excluding hydrogens is 268 g/mol. The van der Waals surface area contributed by atoms with Gasteiger partial charge in [0, 0.05) is 4.88 Å². The molecule has 1 aromatic heterocycles. The molecule has 98 valence electrons. The smallest absolute Gasteiger partial charge is 0.323 e. The van der Waals surface area contributed by atoms with Crippen LogP contribution < -0.4 is 5.73 Å². The SMILES string of the molecule is Cc1cc(C(N)C(C(F)(F)F)C(F)(F)F)cs1. The van der Waals surface area contributed by atoms with E-state index in [9.17, 15) is 26.3 Å². The van der Waals surface area contributed by atoms with Crippen LogP contribution >= 0.6 is 11.3 Å². The van der Waals surface area contributed by atoms with Crippen LogP contribution in [0.1, 0.15) is 16.5 Å². The van der Waals surface area contributed by atoms with Crippen LogP contribution in [0.25, 0.3) is 0 Å². The normalized spacial score (nSPS) is 15.4. The highest BCUT2D eigenvalue weighted by atomic mass is 32.1. The molecule has 0 bridgehead atoms. The van der Waals surface area contributed by atoms with Crippen LogP contribution in [0.2, 0.25) is 0 Å². The predicted octanol–water partition coefficient (Wildman–Crippen LogP) is 3.80. The molecule has 0 radical (unpaired) electrons. The van der Waals surface area contributed by atoms with E-state index in [4.69, 9.17) is 5.73 Å². The van der Waals surface area contributed by atoms with Gasteiger partial charge in [-0.15, -0.1) is 11.3 Å². The maximum absolute atomic E-state index is 12.4. The van der Waals surface area contributed by atoms with Gasteiger partial charge in [-0.25, -0.2) is 0 Å². The minimum absolute atomic E-state index is 0.146. The molecule has 0 aliphatic rings. The standard InChI is InChI=1S/C9H9F6NS/c1-4-2-5(3-17-4)6(16)7(8(10,11)12)9(13,14)15/h2-3,6-7H,16H2,1H3. The molecule has 1 aromatic rings. The molecular formula is C9H9F6NS. The number of thiophene rings is 1. The highest BCUT2D eigenvalue weighted by Crippen LogP contribution is 2.45. The predicted molar refractivity (Wildman–Crippen MR) is 51.6 cm³/mol. The van der Waals surface area contributed by atoms with Crippen molar-refractivity contribution in [1.29, 1.82) is 0 Å². The molecule has 0 fully saturated rings. The maximum Gasteiger partial charge on any atom is 0.402 e. The molecule has 1 heterocycles. The molecule has 0 aliphatic heterocycles. The van der Waals surface area contributed by atoms with E-state index in [0.29, 0.717) is 4.88 Å². The lowest BCUT2D eigenvalue weighted by molar-refractivity contribution is -0.290. The Balaban J connectivity index is 3.08. The zero-order chi connectivity index (χ0) is 13.4. The topological polar surface area (TPSA) is 26.0 Å². The third-order valence-corrected chi connectivity index (χ3v) is 3.08. The van der Waals surface area contributed by atoms with Crippen molar-refractivity contribution in [2.24, 2.45) is 11.7 Å². The number of aryl methyl sites for hydroxylation is 1. The summed E-state index contributed by atoms with van der Waals surface area (Å²) in [6.45, 7) is 1.58. The van der Waals surface area contributed by atoms with Gasteiger partial charge >= 0.3 is 12.4 Å². The molecule has 0 spiro atoms. The van der Waals surface area contributed by atoms with Gasteiger partial charge in [-0.3, -0.25) is 0 Å². The average Bonchev–Trinajstić information content (AvgIpc) is 2.45. The Kier molecular flexibility index (Phi) is 3.78. The molecule has 0 aromatic carbocycles. The summed E-state index contributed by atoms with van der Waals surface area (Å²) >= 11 is 1.06. The fraction of sp³-hybridized carbons (Fsp3) is 0.556. The molecule has 17 heavy (non-hydrogen) atoms. The second-order valence-electron chi connectivity index (χ2n) is 3.58. The first-order valence-electron chi connectivity index (χ1n) is 4.47. The van der Waals surface area contributed by atoms with E-state index >= 15 is 0 Å². The minimum Gasteiger partial charge on any atom is -0.323 e. The lowest BCUT2D eigenvalue weighted by atomic mass is 9.94. The zero-order valence-corrected chi connectivity index (χ0v) is 9.38. The number of hydrogen-bond acceptors (Lipinski definition) is 2. The average molecular weight is 277 g/mol. The number of hydrogen-bond donors (Lipinski definition) is 1. The van der Waals surface area contributed by atoms with Gasteiger partial charge in [-0.1, -0.05) is 0 Å². The van der Waals surface area contributed by atoms with Gasteiger partial charge in [0.2, 0.25) is 0 Å². The van der Waals surface area contributed by atoms with Crippen molar-refractivity contribution in [3.8, 4) is 0 Å². The van der Waals surface area contributed by atoms with Crippen LogP contribution in [0.3, 0.4) is 0 Å². The van der Waals surface area contributed by atoms with Crippen LogP contribution in [-0.4, -0.2) is 12.4 Å². The van der Waals surface area contributed by atoms with E-state index in [0.717, 1.165) is 11.3 Å². The van der Waals surface area contributed by atoms with E-state index in [1.54, 1.807) is 6.92 Å². The molecule has 2 N–H and O–H groups in total. The summed E-state index contributed by atoms with van der Waals surface area (Å²) in [5.74, 6) is -3.54. The van der Waals surface area contributed by atoms with Gasteiger partial charge in [-0.05, 0) is 23.9 Å². The van der Waals surface area contributed by atoms with Crippen molar-refractivity contribution in [2.45, 2.75) is 25.3 Å². The summed E-state index contributed by atoms with van der Waals surface area (Å²) < 4.78 is 74.2. The third-order valence-electron chi connectivity index (χ3n) is 2.20. The number of nitrogens with two attached hydrogens (primary N) is 1. The number of halogens is 6. The first-order chi connectivity index (χ1) is 7.53. The number of alkyl halides is 6. The van der Waals surface area contributed by atoms with E-state index in [1.807, 2.05) is 0 Å². The van der Waals surface area contributed by atoms with E-state index in [-0.39, 0.29) is 5.56 Å². The summed E-state index contributed by atoms with van der Waals surface area (Å²) in [5, 5.41) is 1.21. The van der Waals surface area contributed by atoms with Gasteiger partial charge in [0.05, 0.1) is 6.04 Å². The highest BCUT2D eigenvalue weighted by Gasteiger charge is 2.59. The first-order valence-corrected chi connectivity index (χ1v) is 5.35. The second kappa shape index (κ2) is 4.49. The van der Waals surface area contributed by atoms with E-state index in [1.165, 1.54) is 11.4 Å². The monoisotopic (exact) mass is 277 g/mol. The molecule has 0 aliphatic carbocycles. The summed E-state index contributed by atoms with van der Waals surface area (Å²) in [6.07, 6.45) is -10.8. The number of rotatable bonds is 2. The fourth-order valence-electron chi connectivity index (χ4n) is 1.42. The van der Waals surface area contributed by atoms with Crippen molar-refractivity contribution in [3.63, 3.8) is 0 Å². The maximum atomic E-state index is 12.4. The van der Waals surface area contributed by atoms with Crippen LogP contribution in [0.4, 0.5) is 26.3 Å². The Bertz CT molecular complexity index is 366. The zero-order valence-electron chi connectivity index (χ0n) is 8.56. The molecule has 8 heteroatoms.